The van der Waals surface area contributed by atoms with Crippen LogP contribution in [0.2, 0.25) is 10.0 Å². The van der Waals surface area contributed by atoms with Crippen LogP contribution >= 0.6 is 23.2 Å². The molecular formula is C34H30Cl2F2N6O4. The summed E-state index contributed by atoms with van der Waals surface area (Å²) in [6, 6.07) is 19.0. The Hall–Kier alpha value is -5.33. The molecule has 0 unspecified atom stereocenters. The molecule has 0 radical (unpaired) electrons. The third-order valence-electron chi connectivity index (χ3n) is 6.37. The monoisotopic (exact) mass is 694 g/mol. The van der Waals surface area contributed by atoms with Gasteiger partial charge in [-0.3, -0.25) is 24.4 Å². The summed E-state index contributed by atoms with van der Waals surface area (Å²) in [5.41, 5.74) is 2.44. The maximum absolute atomic E-state index is 14.1. The molecule has 14 heteroatoms. The second-order valence-corrected chi connectivity index (χ2v) is 10.6. The van der Waals surface area contributed by atoms with E-state index in [-0.39, 0.29) is 34.9 Å². The lowest BCUT2D eigenvalue weighted by Gasteiger charge is -2.11. The van der Waals surface area contributed by atoms with Crippen molar-refractivity contribution in [3.63, 3.8) is 0 Å². The standard InChI is InChI=1S/C16H11ClFN3O.C9H9ClN2O.C9H10FNO2/c1-9-13(10-4-6-11(17)7-5-10)14(16(22)21-20-9)15-12(18)3-2-8-19-15;1-6(12-11)9(13)7-2-4-8(10)5-3-7;1-2-13-9(12)6-8-7(10)4-3-5-11-8/h2-8H,1H3,(H,21,22);2-5H,11H2,1H3;3-5H,2,6H2,1H3/b;12-6-;. The van der Waals surface area contributed by atoms with Gasteiger partial charge in [0.1, 0.15) is 23.0 Å². The van der Waals surface area contributed by atoms with Crippen LogP contribution in [0.25, 0.3) is 22.4 Å². The summed E-state index contributed by atoms with van der Waals surface area (Å²) in [5, 5.41) is 10.8. The fourth-order valence-corrected chi connectivity index (χ4v) is 4.32. The van der Waals surface area contributed by atoms with Crippen LogP contribution in [0.15, 0.2) is 95.1 Å². The fourth-order valence-electron chi connectivity index (χ4n) is 4.07. The Labute approximate surface area is 284 Å². The number of hydrogen-bond donors (Lipinski definition) is 2. The van der Waals surface area contributed by atoms with Crippen molar-refractivity contribution in [2.24, 2.45) is 10.9 Å². The van der Waals surface area contributed by atoms with Gasteiger partial charge < -0.3 is 10.6 Å². The lowest BCUT2D eigenvalue weighted by atomic mass is 9.97. The Bertz CT molecular complexity index is 1950. The number of aryl methyl sites for hydroxylation is 1. The molecule has 48 heavy (non-hydrogen) atoms. The van der Waals surface area contributed by atoms with Crippen LogP contribution in [0.5, 0.6) is 0 Å². The van der Waals surface area contributed by atoms with E-state index in [1.807, 2.05) is 0 Å². The van der Waals surface area contributed by atoms with Crippen molar-refractivity contribution in [3.8, 4) is 22.4 Å². The third kappa shape index (κ3) is 10.3. The van der Waals surface area contributed by atoms with Gasteiger partial charge in [-0.1, -0.05) is 35.3 Å². The summed E-state index contributed by atoms with van der Waals surface area (Å²) in [6.45, 7) is 5.31. The third-order valence-corrected chi connectivity index (χ3v) is 6.88. The Kier molecular flexibility index (Phi) is 14.0. The number of ketones is 1. The average molecular weight is 696 g/mol. The van der Waals surface area contributed by atoms with Crippen LogP contribution in [0.4, 0.5) is 8.78 Å². The molecule has 0 bridgehead atoms. The van der Waals surface area contributed by atoms with Crippen LogP contribution < -0.4 is 11.4 Å². The lowest BCUT2D eigenvalue weighted by Crippen LogP contribution is -2.15. The summed E-state index contributed by atoms with van der Waals surface area (Å²) in [5.74, 6) is 3.30. The fraction of sp³-hybridized carbons (Fsp3) is 0.147. The van der Waals surface area contributed by atoms with Crippen molar-refractivity contribution >= 4 is 40.7 Å². The molecule has 0 spiro atoms. The van der Waals surface area contributed by atoms with Crippen molar-refractivity contribution in [3.05, 3.63) is 134 Å². The first-order valence-electron chi connectivity index (χ1n) is 14.2. The van der Waals surface area contributed by atoms with Gasteiger partial charge in [-0.05, 0) is 87.0 Å². The number of pyridine rings is 2. The molecule has 0 fully saturated rings. The number of carbonyl (C=O) groups is 2. The number of nitrogens with one attached hydrogen (secondary N) is 1. The van der Waals surface area contributed by atoms with E-state index in [4.69, 9.17) is 29.0 Å². The van der Waals surface area contributed by atoms with Crippen molar-refractivity contribution in [1.29, 1.82) is 0 Å². The molecule has 0 aliphatic rings. The zero-order valence-corrected chi connectivity index (χ0v) is 27.5. The minimum absolute atomic E-state index is 0.000741. The van der Waals surface area contributed by atoms with Gasteiger partial charge in [0.05, 0.1) is 30.0 Å². The lowest BCUT2D eigenvalue weighted by molar-refractivity contribution is -0.142. The van der Waals surface area contributed by atoms with Gasteiger partial charge >= 0.3 is 5.97 Å². The number of aromatic amines is 1. The molecule has 5 aromatic rings. The van der Waals surface area contributed by atoms with Gasteiger partial charge in [0.2, 0.25) is 5.78 Å². The SMILES string of the molecule is C/C(=N/N)C(=O)c1ccc(Cl)cc1.CCOC(=O)Cc1ncccc1F.Cc1n[nH]c(=O)c(-c2ncccc2F)c1-c1ccc(Cl)cc1. The number of ether oxygens (including phenoxy) is 1. The highest BCUT2D eigenvalue weighted by atomic mass is 35.5. The molecule has 3 heterocycles. The number of halogens is 4. The first kappa shape index (κ1) is 37.1. The van der Waals surface area contributed by atoms with Crippen LogP contribution in [-0.2, 0) is 16.0 Å². The summed E-state index contributed by atoms with van der Waals surface area (Å²) in [4.78, 5) is 42.3. The highest BCUT2D eigenvalue weighted by molar-refractivity contribution is 6.45. The average Bonchev–Trinajstić information content (AvgIpc) is 3.08. The Morgan fingerprint density at radius 1 is 0.896 bits per heavy atom. The topological polar surface area (TPSA) is 153 Å². The van der Waals surface area contributed by atoms with E-state index < -0.39 is 23.2 Å². The van der Waals surface area contributed by atoms with Gasteiger partial charge in [-0.15, -0.1) is 0 Å². The minimum atomic E-state index is -0.561. The predicted octanol–water partition coefficient (Wildman–Crippen LogP) is 6.78. The molecule has 248 valence electrons. The number of nitrogens with two attached hydrogens (primary N) is 1. The zero-order chi connectivity index (χ0) is 35.2. The molecule has 10 nitrogen and oxygen atoms in total. The maximum atomic E-state index is 14.1. The number of H-pyrrole nitrogens is 1. The molecule has 3 N–H and O–H groups in total. The van der Waals surface area contributed by atoms with E-state index >= 15 is 0 Å². The van der Waals surface area contributed by atoms with Crippen LogP contribution in [-0.4, -0.2) is 44.2 Å². The molecule has 0 saturated carbocycles. The Morgan fingerprint density at radius 2 is 1.48 bits per heavy atom. The van der Waals surface area contributed by atoms with Crippen molar-refractivity contribution in [2.75, 3.05) is 6.61 Å². The normalized spacial score (nSPS) is 10.6. The highest BCUT2D eigenvalue weighted by Crippen LogP contribution is 2.31. The van der Waals surface area contributed by atoms with E-state index in [1.165, 1.54) is 36.7 Å². The predicted molar refractivity (Wildman–Crippen MR) is 181 cm³/mol. The number of esters is 1. The van der Waals surface area contributed by atoms with Crippen LogP contribution in [0.1, 0.15) is 35.6 Å². The molecule has 2 aromatic carbocycles. The van der Waals surface area contributed by atoms with Crippen molar-refractivity contribution in [1.82, 2.24) is 20.2 Å². The van der Waals surface area contributed by atoms with Gasteiger partial charge in [-0.2, -0.15) is 10.2 Å². The van der Waals surface area contributed by atoms with Crippen LogP contribution in [0.3, 0.4) is 0 Å². The van der Waals surface area contributed by atoms with E-state index in [9.17, 15) is 23.2 Å². The highest BCUT2D eigenvalue weighted by Gasteiger charge is 2.19. The molecule has 5 rings (SSSR count). The molecule has 0 aliphatic heterocycles. The first-order valence-corrected chi connectivity index (χ1v) is 15.0. The van der Waals surface area contributed by atoms with Gasteiger partial charge in [0.25, 0.3) is 5.56 Å². The number of hydrazone groups is 1. The van der Waals surface area contributed by atoms with Crippen LogP contribution in [0, 0.1) is 18.6 Å². The number of aromatic nitrogens is 4. The molecule has 3 aromatic heterocycles. The first-order chi connectivity index (χ1) is 23.0. The number of hydrogen-bond acceptors (Lipinski definition) is 9. The smallest absolute Gasteiger partial charge is 0.311 e. The largest absolute Gasteiger partial charge is 0.466 e. The number of benzene rings is 2. The quantitative estimate of drug-likeness (QED) is 0.0621. The minimum Gasteiger partial charge on any atom is -0.466 e. The summed E-state index contributed by atoms with van der Waals surface area (Å²) in [7, 11) is 0. The van der Waals surface area contributed by atoms with Crippen molar-refractivity contribution < 1.29 is 23.1 Å². The van der Waals surface area contributed by atoms with E-state index in [2.05, 4.69) is 30.0 Å². The number of Topliss-reactive ketones (excluding diaryl/α,β-unsaturated/α-hetero) is 1. The summed E-state index contributed by atoms with van der Waals surface area (Å²) >= 11 is 11.6. The Balaban J connectivity index is 0.000000208. The molecule has 0 atom stereocenters. The molecule has 0 aliphatic carbocycles. The number of nitrogens with zero attached hydrogens (tertiary/aromatic N) is 4. The number of carbonyl (C=O) groups excluding carboxylic acids is 2. The van der Waals surface area contributed by atoms with Gasteiger partial charge in [0.15, 0.2) is 0 Å². The molecule has 0 amide bonds. The van der Waals surface area contributed by atoms with E-state index in [0.29, 0.717) is 33.5 Å². The zero-order valence-electron chi connectivity index (χ0n) is 26.0. The second-order valence-electron chi connectivity index (χ2n) is 9.69. The Morgan fingerprint density at radius 3 is 2.04 bits per heavy atom. The van der Waals surface area contributed by atoms with E-state index in [0.717, 1.165) is 5.56 Å². The van der Waals surface area contributed by atoms with Gasteiger partial charge in [0, 0.05) is 33.6 Å². The maximum Gasteiger partial charge on any atom is 0.311 e. The number of rotatable bonds is 7. The summed E-state index contributed by atoms with van der Waals surface area (Å²) in [6.07, 6.45) is 2.78. The molecular weight excluding hydrogens is 665 g/mol. The van der Waals surface area contributed by atoms with Crippen molar-refractivity contribution in [2.45, 2.75) is 27.2 Å². The summed E-state index contributed by atoms with van der Waals surface area (Å²) < 4.78 is 31.7. The van der Waals surface area contributed by atoms with Gasteiger partial charge in [-0.25, -0.2) is 13.9 Å². The molecule has 0 saturated heterocycles. The van der Waals surface area contributed by atoms with E-state index in [1.54, 1.807) is 69.3 Å². The second kappa shape index (κ2) is 18.1.